The lowest BCUT2D eigenvalue weighted by Gasteiger charge is -2.28. The molecule has 0 saturated carbocycles. The summed E-state index contributed by atoms with van der Waals surface area (Å²) >= 11 is 0. The minimum absolute atomic E-state index is 0.108. The summed E-state index contributed by atoms with van der Waals surface area (Å²) in [6, 6.07) is 6.94. The molecule has 1 aromatic rings. The Morgan fingerprint density at radius 3 is 2.83 bits per heavy atom. The number of rotatable bonds is 6. The number of hydrogen-bond donors (Lipinski definition) is 1. The molecule has 0 spiro atoms. The van der Waals surface area contributed by atoms with E-state index in [1.807, 2.05) is 0 Å². The smallest absolute Gasteiger partial charge is 0.256 e. The van der Waals surface area contributed by atoms with Gasteiger partial charge in [0.2, 0.25) is 5.91 Å². The van der Waals surface area contributed by atoms with Gasteiger partial charge in [-0.2, -0.15) is 0 Å². The van der Waals surface area contributed by atoms with Gasteiger partial charge in [0.15, 0.2) is 0 Å². The SMILES string of the molecule is CCN(CC(=O)Nc1cccc(OC)c1)C(=O)C1=CN2CCS(=O)(=O)N=C2C=C1. The summed E-state index contributed by atoms with van der Waals surface area (Å²) in [5.41, 5.74) is 0.935. The van der Waals surface area contributed by atoms with Gasteiger partial charge in [-0.3, -0.25) is 9.59 Å². The fourth-order valence-electron chi connectivity index (χ4n) is 2.91. The molecule has 2 heterocycles. The molecule has 0 radical (unpaired) electrons. The maximum atomic E-state index is 12.8. The molecule has 10 heteroatoms. The van der Waals surface area contributed by atoms with Gasteiger partial charge < -0.3 is 19.9 Å². The Morgan fingerprint density at radius 1 is 1.31 bits per heavy atom. The highest BCUT2D eigenvalue weighted by Gasteiger charge is 2.26. The number of carbonyl (C=O) groups is 2. The van der Waals surface area contributed by atoms with Crippen LogP contribution >= 0.6 is 0 Å². The molecule has 0 bridgehead atoms. The van der Waals surface area contributed by atoms with E-state index in [-0.39, 0.29) is 36.5 Å². The second-order valence-electron chi connectivity index (χ2n) is 6.45. The number of benzene rings is 1. The first-order valence-electron chi connectivity index (χ1n) is 9.03. The van der Waals surface area contributed by atoms with Crippen LogP contribution in [0.1, 0.15) is 6.92 Å². The van der Waals surface area contributed by atoms with Gasteiger partial charge in [0.05, 0.1) is 18.4 Å². The molecule has 29 heavy (non-hydrogen) atoms. The van der Waals surface area contributed by atoms with Gasteiger partial charge in [-0.05, 0) is 31.2 Å². The molecule has 1 N–H and O–H groups in total. The number of anilines is 1. The van der Waals surface area contributed by atoms with Gasteiger partial charge in [-0.15, -0.1) is 4.40 Å². The molecule has 2 aliphatic rings. The predicted molar refractivity (Wildman–Crippen MR) is 109 cm³/mol. The molecule has 0 aliphatic carbocycles. The molecule has 0 unspecified atom stereocenters. The van der Waals surface area contributed by atoms with E-state index >= 15 is 0 Å². The van der Waals surface area contributed by atoms with Crippen molar-refractivity contribution in [1.29, 1.82) is 0 Å². The summed E-state index contributed by atoms with van der Waals surface area (Å²) in [4.78, 5) is 28.3. The second kappa shape index (κ2) is 8.48. The van der Waals surface area contributed by atoms with E-state index in [9.17, 15) is 18.0 Å². The van der Waals surface area contributed by atoms with Gasteiger partial charge in [-0.25, -0.2) is 8.42 Å². The molecule has 0 aromatic heterocycles. The van der Waals surface area contributed by atoms with E-state index in [2.05, 4.69) is 9.71 Å². The van der Waals surface area contributed by atoms with Crippen LogP contribution in [0.2, 0.25) is 0 Å². The molecule has 3 rings (SSSR count). The lowest BCUT2D eigenvalue weighted by atomic mass is 10.1. The minimum Gasteiger partial charge on any atom is -0.497 e. The predicted octanol–water partition coefficient (Wildman–Crippen LogP) is 0.980. The number of ether oxygens (including phenoxy) is 1. The van der Waals surface area contributed by atoms with Crippen molar-refractivity contribution in [2.75, 3.05) is 37.8 Å². The Hall–Kier alpha value is -3.14. The number of fused-ring (bicyclic) bond motifs is 1. The lowest BCUT2D eigenvalue weighted by molar-refractivity contribution is -0.131. The summed E-state index contributed by atoms with van der Waals surface area (Å²) < 4.78 is 32.0. The first kappa shape index (κ1) is 20.6. The average Bonchev–Trinajstić information content (AvgIpc) is 2.70. The van der Waals surface area contributed by atoms with Crippen LogP contribution in [0.15, 0.2) is 52.6 Å². The zero-order valence-corrected chi connectivity index (χ0v) is 17.0. The summed E-state index contributed by atoms with van der Waals surface area (Å²) in [7, 11) is -1.91. The van der Waals surface area contributed by atoms with Crippen molar-refractivity contribution in [2.24, 2.45) is 4.40 Å². The molecule has 154 valence electrons. The van der Waals surface area contributed by atoms with E-state index < -0.39 is 10.0 Å². The van der Waals surface area contributed by atoms with Crippen LogP contribution in [0.25, 0.3) is 0 Å². The molecule has 0 atom stereocenters. The standard InChI is InChI=1S/C19H22N4O5S/c1-3-22(13-18(24)20-15-5-4-6-16(11-15)28-2)19(25)14-7-8-17-21-29(26,27)10-9-23(17)12-14/h4-8,11-12H,3,9-10,13H2,1-2H3,(H,20,24). The Morgan fingerprint density at radius 2 is 2.10 bits per heavy atom. The average molecular weight is 418 g/mol. The maximum Gasteiger partial charge on any atom is 0.256 e. The quantitative estimate of drug-likeness (QED) is 0.738. The van der Waals surface area contributed by atoms with E-state index in [1.165, 1.54) is 24.2 Å². The normalized spacial score (nSPS) is 17.0. The molecule has 2 aliphatic heterocycles. The van der Waals surface area contributed by atoms with Crippen LogP contribution in [0, 0.1) is 0 Å². The third-order valence-corrected chi connectivity index (χ3v) is 5.59. The first-order valence-corrected chi connectivity index (χ1v) is 10.6. The van der Waals surface area contributed by atoms with Crippen LogP contribution in [0.3, 0.4) is 0 Å². The molecular weight excluding hydrogens is 396 g/mol. The number of carbonyl (C=O) groups excluding carboxylic acids is 2. The summed E-state index contributed by atoms with van der Waals surface area (Å²) in [6.45, 7) is 2.23. The van der Waals surface area contributed by atoms with Crippen molar-refractivity contribution in [2.45, 2.75) is 6.92 Å². The van der Waals surface area contributed by atoms with E-state index in [4.69, 9.17) is 4.74 Å². The van der Waals surface area contributed by atoms with Gasteiger partial charge >= 0.3 is 0 Å². The summed E-state index contributed by atoms with van der Waals surface area (Å²) in [5.74, 6) is 0.136. The number of methoxy groups -OCH3 is 1. The Bertz CT molecular complexity index is 1010. The van der Waals surface area contributed by atoms with Crippen molar-refractivity contribution in [1.82, 2.24) is 9.80 Å². The third-order valence-electron chi connectivity index (χ3n) is 4.43. The Balaban J connectivity index is 1.67. The number of hydrogen-bond acceptors (Lipinski definition) is 6. The molecular formula is C19H22N4O5S. The zero-order valence-electron chi connectivity index (χ0n) is 16.2. The fourth-order valence-corrected chi connectivity index (χ4v) is 3.88. The van der Waals surface area contributed by atoms with Crippen molar-refractivity contribution < 1.29 is 22.7 Å². The maximum absolute atomic E-state index is 12.8. The fraction of sp³-hybridized carbons (Fsp3) is 0.316. The van der Waals surface area contributed by atoms with Gasteiger partial charge in [0, 0.05) is 31.0 Å². The number of nitrogens with one attached hydrogen (secondary N) is 1. The zero-order chi connectivity index (χ0) is 21.0. The van der Waals surface area contributed by atoms with E-state index in [1.54, 1.807) is 42.3 Å². The number of sulfonamides is 1. The van der Waals surface area contributed by atoms with Gasteiger partial charge in [-0.1, -0.05) is 6.07 Å². The van der Waals surface area contributed by atoms with Crippen molar-refractivity contribution >= 4 is 33.4 Å². The molecule has 0 saturated heterocycles. The topological polar surface area (TPSA) is 108 Å². The van der Waals surface area contributed by atoms with Crippen LogP contribution < -0.4 is 10.1 Å². The van der Waals surface area contributed by atoms with Crippen LogP contribution in [0.5, 0.6) is 5.75 Å². The summed E-state index contributed by atoms with van der Waals surface area (Å²) in [6.07, 6.45) is 4.58. The second-order valence-corrected chi connectivity index (χ2v) is 8.20. The number of amides is 2. The van der Waals surface area contributed by atoms with Crippen LogP contribution in [-0.2, 0) is 19.6 Å². The lowest BCUT2D eigenvalue weighted by Crippen LogP contribution is -2.41. The number of nitrogens with zero attached hydrogens (tertiary/aromatic N) is 3. The number of amidine groups is 1. The Kier molecular flexibility index (Phi) is 6.02. The van der Waals surface area contributed by atoms with Crippen molar-refractivity contribution in [3.05, 3.63) is 48.2 Å². The molecule has 0 fully saturated rings. The third kappa shape index (κ3) is 5.02. The van der Waals surface area contributed by atoms with Crippen molar-refractivity contribution in [3.8, 4) is 5.75 Å². The minimum atomic E-state index is -3.45. The highest BCUT2D eigenvalue weighted by molar-refractivity contribution is 7.90. The summed E-state index contributed by atoms with van der Waals surface area (Å²) in [5, 5.41) is 2.75. The largest absolute Gasteiger partial charge is 0.497 e. The molecule has 2 amide bonds. The van der Waals surface area contributed by atoms with Crippen LogP contribution in [-0.4, -0.2) is 68.4 Å². The Labute approximate surface area is 169 Å². The molecule has 1 aromatic carbocycles. The monoisotopic (exact) mass is 418 g/mol. The van der Waals surface area contributed by atoms with Gasteiger partial charge in [0.25, 0.3) is 15.9 Å². The van der Waals surface area contributed by atoms with Crippen LogP contribution in [0.4, 0.5) is 5.69 Å². The van der Waals surface area contributed by atoms with E-state index in [0.717, 1.165) is 0 Å². The highest BCUT2D eigenvalue weighted by atomic mass is 32.2. The highest BCUT2D eigenvalue weighted by Crippen LogP contribution is 2.18. The molecule has 9 nitrogen and oxygen atoms in total. The first-order chi connectivity index (χ1) is 13.8. The van der Waals surface area contributed by atoms with Gasteiger partial charge in [0.1, 0.15) is 18.1 Å². The number of likely N-dealkylation sites (N-methyl/N-ethyl adjacent to an activating group) is 1. The van der Waals surface area contributed by atoms with Crippen molar-refractivity contribution in [3.63, 3.8) is 0 Å². The van der Waals surface area contributed by atoms with E-state index in [0.29, 0.717) is 23.6 Å².